The normalized spacial score (nSPS) is 12.3. The maximum Gasteiger partial charge on any atom is 0.243 e. The molecule has 1 atom stereocenters. The highest BCUT2D eigenvalue weighted by atomic mass is 16.5. The van der Waals surface area contributed by atoms with E-state index in [-0.39, 0.29) is 17.9 Å². The summed E-state index contributed by atoms with van der Waals surface area (Å²) >= 11 is 0. The number of hydrogen-bond donors (Lipinski definition) is 1. The van der Waals surface area contributed by atoms with Gasteiger partial charge in [0, 0.05) is 36.1 Å². The molecule has 0 aliphatic heterocycles. The maximum atomic E-state index is 12.5. The van der Waals surface area contributed by atoms with Crippen LogP contribution in [-0.2, 0) is 11.3 Å². The van der Waals surface area contributed by atoms with Crippen molar-refractivity contribution in [3.8, 4) is 5.88 Å². The van der Waals surface area contributed by atoms with Gasteiger partial charge in [0.2, 0.25) is 11.8 Å². The molecule has 0 aromatic carbocycles. The molecule has 0 saturated heterocycles. The fourth-order valence-electron chi connectivity index (χ4n) is 2.76. The Labute approximate surface area is 143 Å². The summed E-state index contributed by atoms with van der Waals surface area (Å²) < 4.78 is 7.26. The van der Waals surface area contributed by atoms with Crippen LogP contribution in [-0.4, -0.2) is 27.6 Å². The highest BCUT2D eigenvalue weighted by molar-refractivity contribution is 5.80. The molecule has 2 heterocycles. The molecule has 6 nitrogen and oxygen atoms in total. The number of aryl methyl sites for hydroxylation is 2. The number of hydrogen-bond acceptors (Lipinski definition) is 4. The van der Waals surface area contributed by atoms with Crippen molar-refractivity contribution in [2.24, 2.45) is 0 Å². The monoisotopic (exact) mass is 330 g/mol. The zero-order valence-corrected chi connectivity index (χ0v) is 15.3. The van der Waals surface area contributed by atoms with Gasteiger partial charge in [0.15, 0.2) is 0 Å². The van der Waals surface area contributed by atoms with Gasteiger partial charge >= 0.3 is 0 Å². The standard InChI is InChI=1S/C18H26N4O2/c1-11(2)16-19-7-8-22(16)14(5)17(23)20-10-15-12(3)9-13(4)21-18(15)24-6/h7-9,11,14H,10H2,1-6H3,(H,20,23)/t14-/m1/s1. The minimum absolute atomic E-state index is 0.0584. The van der Waals surface area contributed by atoms with Crippen molar-refractivity contribution >= 4 is 5.91 Å². The van der Waals surface area contributed by atoms with Crippen LogP contribution in [0.15, 0.2) is 18.5 Å². The minimum atomic E-state index is -0.324. The van der Waals surface area contributed by atoms with E-state index in [1.807, 2.05) is 37.6 Å². The van der Waals surface area contributed by atoms with E-state index in [9.17, 15) is 4.79 Å². The van der Waals surface area contributed by atoms with Gasteiger partial charge in [-0.1, -0.05) is 13.8 Å². The highest BCUT2D eigenvalue weighted by Crippen LogP contribution is 2.21. The Morgan fingerprint density at radius 3 is 2.67 bits per heavy atom. The molecule has 0 unspecified atom stereocenters. The number of carbonyl (C=O) groups excluding carboxylic acids is 1. The van der Waals surface area contributed by atoms with Crippen LogP contribution in [0.1, 0.15) is 55.4 Å². The summed E-state index contributed by atoms with van der Waals surface area (Å²) in [5, 5.41) is 2.98. The number of amides is 1. The quantitative estimate of drug-likeness (QED) is 0.884. The van der Waals surface area contributed by atoms with Gasteiger partial charge in [-0.2, -0.15) is 0 Å². The van der Waals surface area contributed by atoms with Crippen molar-refractivity contribution in [3.63, 3.8) is 0 Å². The SMILES string of the molecule is COc1nc(C)cc(C)c1CNC(=O)[C@@H](C)n1ccnc1C(C)C. The van der Waals surface area contributed by atoms with Crippen molar-refractivity contribution in [2.45, 2.75) is 53.1 Å². The molecule has 0 fully saturated rings. The van der Waals surface area contributed by atoms with Crippen molar-refractivity contribution in [1.82, 2.24) is 19.9 Å². The van der Waals surface area contributed by atoms with Gasteiger partial charge in [-0.15, -0.1) is 0 Å². The smallest absolute Gasteiger partial charge is 0.243 e. The van der Waals surface area contributed by atoms with Crippen molar-refractivity contribution in [2.75, 3.05) is 7.11 Å². The first kappa shape index (κ1) is 18.0. The van der Waals surface area contributed by atoms with E-state index in [2.05, 4.69) is 29.1 Å². The van der Waals surface area contributed by atoms with Gasteiger partial charge in [-0.3, -0.25) is 4.79 Å². The molecule has 2 aromatic rings. The molecule has 0 aliphatic carbocycles. The third-order valence-corrected chi connectivity index (χ3v) is 4.08. The predicted molar refractivity (Wildman–Crippen MR) is 93.1 cm³/mol. The Morgan fingerprint density at radius 2 is 2.04 bits per heavy atom. The molecule has 2 rings (SSSR count). The molecule has 1 amide bonds. The molecule has 1 N–H and O–H groups in total. The number of nitrogens with one attached hydrogen (secondary N) is 1. The number of rotatable bonds is 6. The Morgan fingerprint density at radius 1 is 1.33 bits per heavy atom. The summed E-state index contributed by atoms with van der Waals surface area (Å²) in [6.45, 7) is 10.3. The summed E-state index contributed by atoms with van der Waals surface area (Å²) in [6, 6.07) is 1.66. The van der Waals surface area contributed by atoms with Gasteiger partial charge in [-0.05, 0) is 32.4 Å². The lowest BCUT2D eigenvalue weighted by atomic mass is 10.1. The van der Waals surface area contributed by atoms with E-state index in [0.717, 1.165) is 22.6 Å². The lowest BCUT2D eigenvalue weighted by Crippen LogP contribution is -2.31. The lowest BCUT2D eigenvalue weighted by molar-refractivity contribution is -0.124. The van der Waals surface area contributed by atoms with E-state index >= 15 is 0 Å². The van der Waals surface area contributed by atoms with Crippen molar-refractivity contribution < 1.29 is 9.53 Å². The fourth-order valence-corrected chi connectivity index (χ4v) is 2.76. The Balaban J connectivity index is 2.12. The summed E-state index contributed by atoms with van der Waals surface area (Å²) in [4.78, 5) is 21.3. The van der Waals surface area contributed by atoms with Crippen molar-refractivity contribution in [1.29, 1.82) is 0 Å². The van der Waals surface area contributed by atoms with Crippen LogP contribution in [0.2, 0.25) is 0 Å². The predicted octanol–water partition coefficient (Wildman–Crippen LogP) is 2.90. The van der Waals surface area contributed by atoms with Crippen LogP contribution >= 0.6 is 0 Å². The average Bonchev–Trinajstić information content (AvgIpc) is 3.02. The number of aromatic nitrogens is 3. The van der Waals surface area contributed by atoms with Gasteiger partial charge < -0.3 is 14.6 Å². The van der Waals surface area contributed by atoms with Crippen LogP contribution in [0, 0.1) is 13.8 Å². The number of pyridine rings is 1. The van der Waals surface area contributed by atoms with E-state index in [4.69, 9.17) is 4.74 Å². The van der Waals surface area contributed by atoms with Crippen molar-refractivity contribution in [3.05, 3.63) is 41.1 Å². The molecular formula is C18H26N4O2. The lowest BCUT2D eigenvalue weighted by Gasteiger charge is -2.19. The molecule has 130 valence electrons. The van der Waals surface area contributed by atoms with Crippen LogP contribution in [0.4, 0.5) is 0 Å². The summed E-state index contributed by atoms with van der Waals surface area (Å²) in [5.74, 6) is 1.67. The topological polar surface area (TPSA) is 69.0 Å². The molecule has 0 radical (unpaired) electrons. The average molecular weight is 330 g/mol. The second-order valence-corrected chi connectivity index (χ2v) is 6.31. The maximum absolute atomic E-state index is 12.5. The molecular weight excluding hydrogens is 304 g/mol. The zero-order valence-electron chi connectivity index (χ0n) is 15.3. The number of methoxy groups -OCH3 is 1. The largest absolute Gasteiger partial charge is 0.481 e. The first-order valence-electron chi connectivity index (χ1n) is 8.16. The van der Waals surface area contributed by atoms with Gasteiger partial charge in [0.25, 0.3) is 0 Å². The molecule has 0 aliphatic rings. The van der Waals surface area contributed by atoms with E-state index in [1.165, 1.54) is 0 Å². The number of carbonyl (C=O) groups is 1. The highest BCUT2D eigenvalue weighted by Gasteiger charge is 2.20. The Bertz CT molecular complexity index is 722. The molecule has 0 bridgehead atoms. The first-order chi connectivity index (χ1) is 11.3. The van der Waals surface area contributed by atoms with E-state index in [0.29, 0.717) is 12.4 Å². The van der Waals surface area contributed by atoms with Crippen LogP contribution < -0.4 is 10.1 Å². The molecule has 2 aromatic heterocycles. The second-order valence-electron chi connectivity index (χ2n) is 6.31. The third kappa shape index (κ3) is 3.75. The van der Waals surface area contributed by atoms with Crippen LogP contribution in [0.3, 0.4) is 0 Å². The molecule has 6 heteroatoms. The summed E-state index contributed by atoms with van der Waals surface area (Å²) in [6.07, 6.45) is 3.58. The molecule has 24 heavy (non-hydrogen) atoms. The fraction of sp³-hybridized carbons (Fsp3) is 0.500. The first-order valence-corrected chi connectivity index (χ1v) is 8.16. The molecule has 0 spiro atoms. The summed E-state index contributed by atoms with van der Waals surface area (Å²) in [7, 11) is 1.59. The Hall–Kier alpha value is -2.37. The number of ether oxygens (including phenoxy) is 1. The van der Waals surface area contributed by atoms with Gasteiger partial charge in [-0.25, -0.2) is 9.97 Å². The van der Waals surface area contributed by atoms with E-state index in [1.54, 1.807) is 13.3 Å². The van der Waals surface area contributed by atoms with Gasteiger partial charge in [0.05, 0.1) is 7.11 Å². The van der Waals surface area contributed by atoms with E-state index < -0.39 is 0 Å². The second kappa shape index (κ2) is 7.47. The van der Waals surface area contributed by atoms with Crippen LogP contribution in [0.25, 0.3) is 0 Å². The summed E-state index contributed by atoms with van der Waals surface area (Å²) in [5.41, 5.74) is 2.85. The Kier molecular flexibility index (Phi) is 5.59. The number of nitrogens with zero attached hydrogens (tertiary/aromatic N) is 3. The van der Waals surface area contributed by atoms with Crippen LogP contribution in [0.5, 0.6) is 5.88 Å². The molecule has 0 saturated carbocycles. The number of imidazole rings is 1. The minimum Gasteiger partial charge on any atom is -0.481 e. The zero-order chi connectivity index (χ0) is 17.9. The third-order valence-electron chi connectivity index (χ3n) is 4.08. The van der Waals surface area contributed by atoms with Gasteiger partial charge in [0.1, 0.15) is 11.9 Å².